The molecule has 0 aliphatic carbocycles. The molecule has 0 bridgehead atoms. The molecular weight excluding hydrogens is 424 g/mol. The largest absolute Gasteiger partial charge is 0.449 e. The highest BCUT2D eigenvalue weighted by Crippen LogP contribution is 2.34. The average molecular weight is 449 g/mol. The Morgan fingerprint density at radius 3 is 2.66 bits per heavy atom. The molecule has 0 fully saturated rings. The van der Waals surface area contributed by atoms with Crippen LogP contribution in [0.1, 0.15) is 18.1 Å². The number of amides is 2. The molecule has 8 heteroatoms. The van der Waals surface area contributed by atoms with Gasteiger partial charge in [0, 0.05) is 16.9 Å². The first-order chi connectivity index (χ1) is 15.5. The Morgan fingerprint density at radius 2 is 1.94 bits per heavy atom. The van der Waals surface area contributed by atoms with Crippen LogP contribution in [-0.2, 0) is 16.0 Å². The second-order valence-corrected chi connectivity index (χ2v) is 8.32. The van der Waals surface area contributed by atoms with Gasteiger partial charge in [0.05, 0.1) is 11.6 Å². The SMILES string of the molecule is C=C1N=C(Nc2ccc(CCNc3sc4ccccc4c3C)cc2)N(C(=O)OCC)C1=O. The molecule has 4 rings (SSSR count). The Hall–Kier alpha value is -3.65. The van der Waals surface area contributed by atoms with E-state index in [1.807, 2.05) is 24.3 Å². The lowest BCUT2D eigenvalue weighted by Crippen LogP contribution is -2.41. The highest BCUT2D eigenvalue weighted by atomic mass is 32.1. The van der Waals surface area contributed by atoms with Crippen LogP contribution in [0.4, 0.5) is 15.5 Å². The Bertz CT molecular complexity index is 1210. The lowest BCUT2D eigenvalue weighted by molar-refractivity contribution is -0.121. The number of guanidine groups is 1. The summed E-state index contributed by atoms with van der Waals surface area (Å²) in [4.78, 5) is 29.2. The molecule has 1 aliphatic rings. The predicted octanol–water partition coefficient (Wildman–Crippen LogP) is 5.14. The number of imide groups is 1. The van der Waals surface area contributed by atoms with Gasteiger partial charge in [-0.25, -0.2) is 9.79 Å². The van der Waals surface area contributed by atoms with E-state index in [-0.39, 0.29) is 18.3 Å². The van der Waals surface area contributed by atoms with E-state index in [1.165, 1.54) is 20.7 Å². The van der Waals surface area contributed by atoms with E-state index in [2.05, 4.69) is 53.4 Å². The Morgan fingerprint density at radius 1 is 1.19 bits per heavy atom. The van der Waals surface area contributed by atoms with Gasteiger partial charge in [-0.3, -0.25) is 4.79 Å². The molecule has 2 heterocycles. The molecule has 0 atom stereocenters. The van der Waals surface area contributed by atoms with E-state index < -0.39 is 12.0 Å². The van der Waals surface area contributed by atoms with E-state index >= 15 is 0 Å². The maximum Gasteiger partial charge on any atom is 0.423 e. The Labute approximate surface area is 190 Å². The topological polar surface area (TPSA) is 83.0 Å². The number of aliphatic imine (C=N–C) groups is 1. The van der Waals surface area contributed by atoms with Crippen LogP contribution in [-0.4, -0.2) is 36.0 Å². The fraction of sp³-hybridized carbons (Fsp3) is 0.208. The van der Waals surface area contributed by atoms with Gasteiger partial charge in [-0.1, -0.05) is 36.9 Å². The van der Waals surface area contributed by atoms with Gasteiger partial charge in [0.1, 0.15) is 5.70 Å². The van der Waals surface area contributed by atoms with Crippen molar-refractivity contribution in [2.24, 2.45) is 4.99 Å². The minimum absolute atomic E-state index is 0.0141. The summed E-state index contributed by atoms with van der Waals surface area (Å²) < 4.78 is 6.23. The number of anilines is 2. The average Bonchev–Trinajstić information content (AvgIpc) is 3.25. The number of carbonyl (C=O) groups is 2. The number of hydrogen-bond donors (Lipinski definition) is 2. The van der Waals surface area contributed by atoms with Gasteiger partial charge in [-0.15, -0.1) is 11.3 Å². The second-order valence-electron chi connectivity index (χ2n) is 7.27. The number of benzene rings is 2. The highest BCUT2D eigenvalue weighted by Gasteiger charge is 2.35. The Kier molecular flexibility index (Phi) is 6.23. The zero-order chi connectivity index (χ0) is 22.7. The summed E-state index contributed by atoms with van der Waals surface area (Å²) in [7, 11) is 0. The van der Waals surface area contributed by atoms with Gasteiger partial charge in [0.15, 0.2) is 0 Å². The van der Waals surface area contributed by atoms with E-state index in [1.54, 1.807) is 18.3 Å². The van der Waals surface area contributed by atoms with Gasteiger partial charge >= 0.3 is 6.09 Å². The first-order valence-corrected chi connectivity index (χ1v) is 11.2. The van der Waals surface area contributed by atoms with Crippen molar-refractivity contribution in [1.82, 2.24) is 4.90 Å². The minimum Gasteiger partial charge on any atom is -0.449 e. The molecule has 2 amide bonds. The summed E-state index contributed by atoms with van der Waals surface area (Å²) in [6.07, 6.45) is 0.0840. The molecule has 1 aromatic heterocycles. The third-order valence-electron chi connectivity index (χ3n) is 5.11. The van der Waals surface area contributed by atoms with Gasteiger partial charge in [-0.05, 0) is 55.0 Å². The number of nitrogens with zero attached hydrogens (tertiary/aromatic N) is 2. The van der Waals surface area contributed by atoms with Crippen LogP contribution in [0.2, 0.25) is 0 Å². The summed E-state index contributed by atoms with van der Waals surface area (Å²) in [6, 6.07) is 16.2. The van der Waals surface area contributed by atoms with Crippen LogP contribution < -0.4 is 10.6 Å². The van der Waals surface area contributed by atoms with Crippen molar-refractivity contribution < 1.29 is 14.3 Å². The number of nitrogens with one attached hydrogen (secondary N) is 2. The summed E-state index contributed by atoms with van der Waals surface area (Å²) in [5.41, 5.74) is 3.14. The molecule has 32 heavy (non-hydrogen) atoms. The highest BCUT2D eigenvalue weighted by molar-refractivity contribution is 7.23. The van der Waals surface area contributed by atoms with Crippen molar-refractivity contribution >= 4 is 50.1 Å². The lowest BCUT2D eigenvalue weighted by Gasteiger charge is -2.16. The summed E-state index contributed by atoms with van der Waals surface area (Å²) >= 11 is 1.77. The molecule has 2 aromatic carbocycles. The van der Waals surface area contributed by atoms with Gasteiger partial charge in [-0.2, -0.15) is 4.90 Å². The molecule has 0 radical (unpaired) electrons. The number of hydrogen-bond acceptors (Lipinski definition) is 7. The third-order valence-corrected chi connectivity index (χ3v) is 6.34. The van der Waals surface area contributed by atoms with E-state index in [4.69, 9.17) is 4.74 Å². The summed E-state index contributed by atoms with van der Waals surface area (Å²) in [5, 5.41) is 9.04. The van der Waals surface area contributed by atoms with Gasteiger partial charge in [0.25, 0.3) is 5.91 Å². The molecule has 0 spiro atoms. The first-order valence-electron chi connectivity index (χ1n) is 10.3. The second kappa shape index (κ2) is 9.23. The van der Waals surface area contributed by atoms with Crippen LogP contribution in [0.15, 0.2) is 65.8 Å². The van der Waals surface area contributed by atoms with E-state index in [9.17, 15) is 9.59 Å². The monoisotopic (exact) mass is 448 g/mol. The van der Waals surface area contributed by atoms with Crippen LogP contribution in [0, 0.1) is 6.92 Å². The molecule has 3 aromatic rings. The normalized spacial score (nSPS) is 13.4. The molecule has 0 saturated carbocycles. The predicted molar refractivity (Wildman–Crippen MR) is 129 cm³/mol. The van der Waals surface area contributed by atoms with Crippen LogP contribution >= 0.6 is 11.3 Å². The number of carbonyl (C=O) groups excluding carboxylic acids is 2. The van der Waals surface area contributed by atoms with Crippen molar-refractivity contribution in [3.05, 3.63) is 71.9 Å². The van der Waals surface area contributed by atoms with Crippen LogP contribution in [0.5, 0.6) is 0 Å². The van der Waals surface area contributed by atoms with Crippen LogP contribution in [0.3, 0.4) is 0 Å². The summed E-state index contributed by atoms with van der Waals surface area (Å²) in [6.45, 7) is 8.38. The molecule has 164 valence electrons. The number of fused-ring (bicyclic) bond motifs is 1. The Balaban J connectivity index is 1.36. The summed E-state index contributed by atoms with van der Waals surface area (Å²) in [5.74, 6) is -0.502. The smallest absolute Gasteiger partial charge is 0.423 e. The minimum atomic E-state index is -0.776. The zero-order valence-corrected chi connectivity index (χ0v) is 18.8. The van der Waals surface area contributed by atoms with Crippen molar-refractivity contribution in [2.75, 3.05) is 23.8 Å². The van der Waals surface area contributed by atoms with Gasteiger partial charge < -0.3 is 15.4 Å². The van der Waals surface area contributed by atoms with Crippen molar-refractivity contribution in [3.63, 3.8) is 0 Å². The lowest BCUT2D eigenvalue weighted by atomic mass is 10.1. The van der Waals surface area contributed by atoms with E-state index in [0.29, 0.717) is 5.69 Å². The van der Waals surface area contributed by atoms with E-state index in [0.717, 1.165) is 23.4 Å². The zero-order valence-electron chi connectivity index (χ0n) is 18.0. The quantitative estimate of drug-likeness (QED) is 0.510. The number of aryl methyl sites for hydroxylation is 1. The molecule has 0 saturated heterocycles. The fourth-order valence-corrected chi connectivity index (χ4v) is 4.57. The van der Waals surface area contributed by atoms with Crippen LogP contribution in [0.25, 0.3) is 10.1 Å². The molecule has 0 unspecified atom stereocenters. The molecule has 1 aliphatic heterocycles. The molecule has 7 nitrogen and oxygen atoms in total. The molecule has 2 N–H and O–H groups in total. The first kappa shape index (κ1) is 21.6. The third kappa shape index (κ3) is 4.36. The van der Waals surface area contributed by atoms with Crippen molar-refractivity contribution in [3.8, 4) is 0 Å². The fourth-order valence-electron chi connectivity index (χ4n) is 3.44. The number of rotatable bonds is 6. The number of thiophene rings is 1. The molecular formula is C24H24N4O3S. The standard InChI is InChI=1S/C24H24N4O3S/c1-4-31-24(30)28-22(29)16(3)26-23(28)27-18-11-9-17(10-12-18)13-14-25-21-15(2)19-7-5-6-8-20(19)32-21/h5-12,25H,3-4,13-14H2,1-2H3,(H,26,27). The van der Waals surface area contributed by atoms with Crippen molar-refractivity contribution in [1.29, 1.82) is 0 Å². The maximum atomic E-state index is 12.2. The van der Waals surface area contributed by atoms with Gasteiger partial charge in [0.2, 0.25) is 5.96 Å². The van der Waals surface area contributed by atoms with Crippen molar-refractivity contribution in [2.45, 2.75) is 20.3 Å². The number of ether oxygens (including phenoxy) is 1. The maximum absolute atomic E-state index is 12.2.